The molecule has 0 aromatic heterocycles. The van der Waals surface area contributed by atoms with Crippen LogP contribution in [0.25, 0.3) is 0 Å². The van der Waals surface area contributed by atoms with E-state index in [1.165, 1.54) is 6.07 Å². The smallest absolute Gasteiger partial charge is 0.248 e. The molecule has 2 amide bonds. The van der Waals surface area contributed by atoms with Crippen molar-refractivity contribution in [3.05, 3.63) is 29.8 Å². The number of anilines is 1. The molecule has 0 aliphatic heterocycles. The van der Waals surface area contributed by atoms with E-state index in [-0.39, 0.29) is 6.42 Å². The quantitative estimate of drug-likeness (QED) is 0.640. The fourth-order valence-corrected chi connectivity index (χ4v) is 1.20. The summed E-state index contributed by atoms with van der Waals surface area (Å²) in [5.74, 6) is 1.34. The number of terminal acetylenes is 1. The summed E-state index contributed by atoms with van der Waals surface area (Å²) in [5.41, 5.74) is 11.4. The molecule has 0 aliphatic rings. The molecule has 1 atom stereocenters. The van der Waals surface area contributed by atoms with Crippen molar-refractivity contribution in [1.82, 2.24) is 0 Å². The maximum atomic E-state index is 11.5. The average Bonchev–Trinajstić information content (AvgIpc) is 2.29. The number of primary amides is 1. The molecule has 0 saturated heterocycles. The van der Waals surface area contributed by atoms with E-state index in [0.717, 1.165) is 0 Å². The van der Waals surface area contributed by atoms with Crippen LogP contribution in [0.1, 0.15) is 16.8 Å². The van der Waals surface area contributed by atoms with Crippen LogP contribution in [0.5, 0.6) is 0 Å². The van der Waals surface area contributed by atoms with Crippen LogP contribution in [-0.2, 0) is 4.79 Å². The van der Waals surface area contributed by atoms with E-state index < -0.39 is 17.9 Å². The highest BCUT2D eigenvalue weighted by Crippen LogP contribution is 2.10. The largest absolute Gasteiger partial charge is 0.366 e. The summed E-state index contributed by atoms with van der Waals surface area (Å²) < 4.78 is 0. The van der Waals surface area contributed by atoms with Crippen molar-refractivity contribution >= 4 is 17.5 Å². The van der Waals surface area contributed by atoms with Gasteiger partial charge in [-0.25, -0.2) is 0 Å². The van der Waals surface area contributed by atoms with Gasteiger partial charge < -0.3 is 16.8 Å². The Balaban J connectivity index is 2.75. The van der Waals surface area contributed by atoms with Crippen LogP contribution in [0.2, 0.25) is 0 Å². The monoisotopic (exact) mass is 231 g/mol. The van der Waals surface area contributed by atoms with Gasteiger partial charge in [0.2, 0.25) is 11.8 Å². The zero-order valence-corrected chi connectivity index (χ0v) is 9.14. The van der Waals surface area contributed by atoms with E-state index in [9.17, 15) is 9.59 Å². The lowest BCUT2D eigenvalue weighted by Gasteiger charge is -2.10. The molecule has 17 heavy (non-hydrogen) atoms. The second-order valence-corrected chi connectivity index (χ2v) is 3.45. The fourth-order valence-electron chi connectivity index (χ4n) is 1.20. The van der Waals surface area contributed by atoms with E-state index in [0.29, 0.717) is 11.3 Å². The summed E-state index contributed by atoms with van der Waals surface area (Å²) in [6.45, 7) is 0. The van der Waals surface area contributed by atoms with Gasteiger partial charge in [-0.2, -0.15) is 0 Å². The second-order valence-electron chi connectivity index (χ2n) is 3.45. The predicted octanol–water partition coefficient (Wildman–Crippen LogP) is 0.0746. The lowest BCUT2D eigenvalue weighted by atomic mass is 10.1. The van der Waals surface area contributed by atoms with Crippen molar-refractivity contribution < 1.29 is 9.59 Å². The molecule has 0 radical (unpaired) electrons. The third-order valence-corrected chi connectivity index (χ3v) is 2.09. The van der Waals surface area contributed by atoms with Gasteiger partial charge in [0, 0.05) is 17.7 Å². The number of carbonyl (C=O) groups is 2. The van der Waals surface area contributed by atoms with Crippen molar-refractivity contribution in [1.29, 1.82) is 0 Å². The first kappa shape index (κ1) is 12.7. The van der Waals surface area contributed by atoms with Crippen molar-refractivity contribution in [2.75, 3.05) is 5.32 Å². The van der Waals surface area contributed by atoms with Gasteiger partial charge in [-0.15, -0.1) is 12.3 Å². The molecule has 0 fully saturated rings. The Morgan fingerprint density at radius 3 is 2.76 bits per heavy atom. The van der Waals surface area contributed by atoms with E-state index >= 15 is 0 Å². The van der Waals surface area contributed by atoms with Crippen molar-refractivity contribution in [2.24, 2.45) is 11.5 Å². The van der Waals surface area contributed by atoms with Gasteiger partial charge in [-0.1, -0.05) is 6.07 Å². The first-order valence-electron chi connectivity index (χ1n) is 4.94. The van der Waals surface area contributed by atoms with Crippen LogP contribution >= 0.6 is 0 Å². The Morgan fingerprint density at radius 1 is 1.47 bits per heavy atom. The normalized spacial score (nSPS) is 11.3. The van der Waals surface area contributed by atoms with Gasteiger partial charge in [-0.05, 0) is 18.2 Å². The van der Waals surface area contributed by atoms with Crippen molar-refractivity contribution in [3.8, 4) is 12.3 Å². The Morgan fingerprint density at radius 2 is 2.18 bits per heavy atom. The average molecular weight is 231 g/mol. The minimum Gasteiger partial charge on any atom is -0.366 e. The van der Waals surface area contributed by atoms with Gasteiger partial charge in [0.1, 0.15) is 0 Å². The first-order chi connectivity index (χ1) is 8.04. The van der Waals surface area contributed by atoms with E-state index in [1.54, 1.807) is 18.2 Å². The second kappa shape index (κ2) is 5.68. The molecule has 0 bridgehead atoms. The predicted molar refractivity (Wildman–Crippen MR) is 65.0 cm³/mol. The number of hydrogen-bond donors (Lipinski definition) is 3. The van der Waals surface area contributed by atoms with Crippen molar-refractivity contribution in [2.45, 2.75) is 12.5 Å². The number of nitrogens with one attached hydrogen (secondary N) is 1. The zero-order chi connectivity index (χ0) is 12.8. The minimum absolute atomic E-state index is 0.154. The molecule has 5 nitrogen and oxygen atoms in total. The van der Waals surface area contributed by atoms with Gasteiger partial charge in [0.15, 0.2) is 0 Å². The standard InChI is InChI=1S/C12H13N3O2/c1-2-4-10(13)12(17)15-9-6-3-5-8(7-9)11(14)16/h1,3,5-7,10H,4,13H2,(H2,14,16)(H,15,17). The highest BCUT2D eigenvalue weighted by molar-refractivity contribution is 5.97. The molecule has 0 spiro atoms. The molecule has 0 heterocycles. The number of carbonyl (C=O) groups excluding carboxylic acids is 2. The third kappa shape index (κ3) is 3.63. The highest BCUT2D eigenvalue weighted by Gasteiger charge is 2.12. The molecule has 1 aromatic rings. The molecule has 1 aromatic carbocycles. The molecule has 1 unspecified atom stereocenters. The van der Waals surface area contributed by atoms with Gasteiger partial charge >= 0.3 is 0 Å². The molecule has 1 rings (SSSR count). The summed E-state index contributed by atoms with van der Waals surface area (Å²) in [6, 6.07) is 5.51. The Bertz CT molecular complexity index is 477. The molecule has 5 N–H and O–H groups in total. The Kier molecular flexibility index (Phi) is 4.26. The van der Waals surface area contributed by atoms with Gasteiger partial charge in [0.25, 0.3) is 0 Å². The molecule has 5 heteroatoms. The summed E-state index contributed by atoms with van der Waals surface area (Å²) in [7, 11) is 0. The fraction of sp³-hybridized carbons (Fsp3) is 0.167. The van der Waals surface area contributed by atoms with Crippen LogP contribution in [0.15, 0.2) is 24.3 Å². The zero-order valence-electron chi connectivity index (χ0n) is 9.14. The highest BCUT2D eigenvalue weighted by atomic mass is 16.2. The Hall–Kier alpha value is -2.32. The van der Waals surface area contributed by atoms with Gasteiger partial charge in [0.05, 0.1) is 6.04 Å². The number of nitrogens with two attached hydrogens (primary N) is 2. The Labute approximate surface area is 99.2 Å². The summed E-state index contributed by atoms with van der Waals surface area (Å²) >= 11 is 0. The van der Waals surface area contributed by atoms with Crippen LogP contribution < -0.4 is 16.8 Å². The number of hydrogen-bond acceptors (Lipinski definition) is 3. The molecule has 0 aliphatic carbocycles. The van der Waals surface area contributed by atoms with Crippen LogP contribution in [-0.4, -0.2) is 17.9 Å². The first-order valence-corrected chi connectivity index (χ1v) is 4.94. The molecular weight excluding hydrogens is 218 g/mol. The maximum Gasteiger partial charge on any atom is 0.248 e. The van der Waals surface area contributed by atoms with E-state index in [2.05, 4.69) is 11.2 Å². The third-order valence-electron chi connectivity index (χ3n) is 2.09. The van der Waals surface area contributed by atoms with Crippen LogP contribution in [0.3, 0.4) is 0 Å². The van der Waals surface area contributed by atoms with Gasteiger partial charge in [-0.3, -0.25) is 9.59 Å². The lowest BCUT2D eigenvalue weighted by molar-refractivity contribution is -0.117. The number of benzene rings is 1. The lowest BCUT2D eigenvalue weighted by Crippen LogP contribution is -2.35. The maximum absolute atomic E-state index is 11.5. The summed E-state index contributed by atoms with van der Waals surface area (Å²) in [4.78, 5) is 22.5. The van der Waals surface area contributed by atoms with Crippen LogP contribution in [0, 0.1) is 12.3 Å². The molecule has 0 saturated carbocycles. The topological polar surface area (TPSA) is 98.2 Å². The van der Waals surface area contributed by atoms with E-state index in [1.807, 2.05) is 0 Å². The number of amides is 2. The summed E-state index contributed by atoms with van der Waals surface area (Å²) in [5, 5.41) is 2.55. The summed E-state index contributed by atoms with van der Waals surface area (Å²) in [6.07, 6.45) is 5.21. The van der Waals surface area contributed by atoms with Crippen LogP contribution in [0.4, 0.5) is 5.69 Å². The SMILES string of the molecule is C#CCC(N)C(=O)Nc1cccc(C(N)=O)c1. The minimum atomic E-state index is -0.766. The molecule has 88 valence electrons. The van der Waals surface area contributed by atoms with Crippen molar-refractivity contribution in [3.63, 3.8) is 0 Å². The number of rotatable bonds is 4. The van der Waals surface area contributed by atoms with E-state index in [4.69, 9.17) is 17.9 Å². The molecular formula is C12H13N3O2.